The summed E-state index contributed by atoms with van der Waals surface area (Å²) in [6, 6.07) is 20.3. The predicted octanol–water partition coefficient (Wildman–Crippen LogP) is 4.68. The Morgan fingerprint density at radius 1 is 1.15 bits per heavy atom. The smallest absolute Gasteiger partial charge is 0.330 e. The lowest BCUT2D eigenvalue weighted by atomic mass is 10.0. The highest BCUT2D eigenvalue weighted by Crippen LogP contribution is 2.39. The minimum Gasteiger partial charge on any atom is -0.466 e. The fourth-order valence-electron chi connectivity index (χ4n) is 5.34. The number of hydrogen-bond acceptors (Lipinski definition) is 6. The van der Waals surface area contributed by atoms with Gasteiger partial charge in [0.2, 0.25) is 10.0 Å². The molecule has 1 unspecified atom stereocenters. The molecule has 0 amide bonds. The number of carbonyl (C=O) groups is 1. The summed E-state index contributed by atoms with van der Waals surface area (Å²) in [7, 11) is -2.50. The number of fused-ring (bicyclic) bond motifs is 2. The zero-order valence-electron chi connectivity index (χ0n) is 22.3. The van der Waals surface area contributed by atoms with Crippen molar-refractivity contribution in [2.45, 2.75) is 30.2 Å². The fraction of sp³-hybridized carbons (Fsp3) is 0.258. The first kappa shape index (κ1) is 27.6. The van der Waals surface area contributed by atoms with Gasteiger partial charge in [0.1, 0.15) is 0 Å². The molecule has 1 heterocycles. The molecule has 40 heavy (non-hydrogen) atoms. The van der Waals surface area contributed by atoms with E-state index in [2.05, 4.69) is 15.0 Å². The number of anilines is 1. The van der Waals surface area contributed by atoms with Crippen LogP contribution in [-0.2, 0) is 32.4 Å². The van der Waals surface area contributed by atoms with Crippen LogP contribution in [0.25, 0.3) is 17.0 Å². The van der Waals surface area contributed by atoms with Crippen molar-refractivity contribution < 1.29 is 23.1 Å². The van der Waals surface area contributed by atoms with Crippen molar-refractivity contribution in [2.75, 3.05) is 32.1 Å². The number of aromatic nitrogens is 1. The molecule has 5 rings (SSSR count). The highest BCUT2D eigenvalue weighted by Gasteiger charge is 2.36. The number of esters is 1. The SMILES string of the molecule is COC(=O)/C=C/c1ccc2c(c1)CCC2N(CCc1c[nH]c2ccccc12)S(=O)(=O)c1ccc(NCCO)cc1. The lowest BCUT2D eigenvalue weighted by molar-refractivity contribution is -0.134. The molecule has 0 spiro atoms. The number of carbonyl (C=O) groups excluding carboxylic acids is 1. The molecule has 1 aromatic heterocycles. The van der Waals surface area contributed by atoms with Gasteiger partial charge in [0.15, 0.2) is 0 Å². The number of ether oxygens (including phenoxy) is 1. The third kappa shape index (κ3) is 5.82. The van der Waals surface area contributed by atoms with E-state index in [-0.39, 0.29) is 17.5 Å². The monoisotopic (exact) mass is 559 g/mol. The van der Waals surface area contributed by atoms with Crippen LogP contribution < -0.4 is 5.32 Å². The van der Waals surface area contributed by atoms with Crippen LogP contribution >= 0.6 is 0 Å². The maximum atomic E-state index is 14.2. The summed E-state index contributed by atoms with van der Waals surface area (Å²) in [5.74, 6) is -0.425. The molecular formula is C31H33N3O5S. The van der Waals surface area contributed by atoms with Crippen molar-refractivity contribution >= 4 is 38.7 Å². The number of nitrogens with zero attached hydrogens (tertiary/aromatic N) is 1. The second-order valence-electron chi connectivity index (χ2n) is 9.77. The number of aryl methyl sites for hydroxylation is 1. The van der Waals surface area contributed by atoms with E-state index in [0.29, 0.717) is 25.9 Å². The number of benzene rings is 3. The largest absolute Gasteiger partial charge is 0.466 e. The van der Waals surface area contributed by atoms with Crippen molar-refractivity contribution in [3.8, 4) is 0 Å². The van der Waals surface area contributed by atoms with Gasteiger partial charge in [0, 0.05) is 42.0 Å². The average molecular weight is 560 g/mol. The van der Waals surface area contributed by atoms with Crippen molar-refractivity contribution in [1.82, 2.24) is 9.29 Å². The van der Waals surface area contributed by atoms with Gasteiger partial charge in [0.25, 0.3) is 0 Å². The van der Waals surface area contributed by atoms with Crippen LogP contribution in [-0.4, -0.2) is 55.6 Å². The Kier molecular flexibility index (Phi) is 8.35. The fourth-order valence-corrected chi connectivity index (χ4v) is 6.98. The van der Waals surface area contributed by atoms with Gasteiger partial charge in [-0.25, -0.2) is 13.2 Å². The quantitative estimate of drug-likeness (QED) is 0.182. The van der Waals surface area contributed by atoms with Crippen LogP contribution in [0.4, 0.5) is 5.69 Å². The molecule has 0 saturated heterocycles. The Morgan fingerprint density at radius 3 is 2.73 bits per heavy atom. The highest BCUT2D eigenvalue weighted by atomic mass is 32.2. The molecule has 0 bridgehead atoms. The molecule has 0 fully saturated rings. The van der Waals surface area contributed by atoms with Crippen molar-refractivity contribution in [3.63, 3.8) is 0 Å². The van der Waals surface area contributed by atoms with Crippen LogP contribution in [0, 0.1) is 0 Å². The van der Waals surface area contributed by atoms with E-state index in [0.717, 1.165) is 45.3 Å². The normalized spacial score (nSPS) is 15.1. The number of nitrogens with one attached hydrogen (secondary N) is 2. The first-order valence-electron chi connectivity index (χ1n) is 13.3. The molecule has 9 heteroatoms. The number of aliphatic hydroxyl groups excluding tert-OH is 1. The van der Waals surface area contributed by atoms with E-state index in [4.69, 9.17) is 5.11 Å². The van der Waals surface area contributed by atoms with Crippen LogP contribution in [0.2, 0.25) is 0 Å². The maximum Gasteiger partial charge on any atom is 0.330 e. The number of hydrogen-bond donors (Lipinski definition) is 3. The van der Waals surface area contributed by atoms with Gasteiger partial charge in [0.05, 0.1) is 24.7 Å². The van der Waals surface area contributed by atoms with Crippen molar-refractivity contribution in [2.24, 2.45) is 0 Å². The Labute approximate surface area is 234 Å². The Hall–Kier alpha value is -3.92. The topological polar surface area (TPSA) is 112 Å². The van der Waals surface area contributed by atoms with Gasteiger partial charge >= 0.3 is 5.97 Å². The number of para-hydroxylation sites is 1. The van der Waals surface area contributed by atoms with Gasteiger partial charge in [-0.3, -0.25) is 0 Å². The van der Waals surface area contributed by atoms with Crippen LogP contribution in [0.5, 0.6) is 0 Å². The summed E-state index contributed by atoms with van der Waals surface area (Å²) >= 11 is 0. The Morgan fingerprint density at radius 2 is 1.95 bits per heavy atom. The van der Waals surface area contributed by atoms with Crippen LogP contribution in [0.1, 0.15) is 34.7 Å². The molecule has 0 aliphatic heterocycles. The van der Waals surface area contributed by atoms with E-state index < -0.39 is 16.0 Å². The van der Waals surface area contributed by atoms with E-state index in [1.54, 1.807) is 34.6 Å². The Balaban J connectivity index is 1.47. The van der Waals surface area contributed by atoms with Crippen molar-refractivity contribution in [1.29, 1.82) is 0 Å². The van der Waals surface area contributed by atoms with Gasteiger partial charge in [-0.05, 0) is 77.9 Å². The minimum atomic E-state index is -3.84. The summed E-state index contributed by atoms with van der Waals surface area (Å²) in [6.45, 7) is 0.699. The molecule has 0 saturated carbocycles. The second-order valence-corrected chi connectivity index (χ2v) is 11.7. The molecule has 8 nitrogen and oxygen atoms in total. The zero-order valence-corrected chi connectivity index (χ0v) is 23.2. The van der Waals surface area contributed by atoms with Crippen LogP contribution in [0.3, 0.4) is 0 Å². The zero-order chi connectivity index (χ0) is 28.1. The van der Waals surface area contributed by atoms with Gasteiger partial charge in [-0.15, -0.1) is 0 Å². The average Bonchev–Trinajstić information content (AvgIpc) is 3.59. The number of aliphatic hydroxyl groups is 1. The summed E-state index contributed by atoms with van der Waals surface area (Å²) in [5.41, 5.74) is 5.77. The maximum absolute atomic E-state index is 14.2. The Bertz CT molecular complexity index is 1630. The summed E-state index contributed by atoms with van der Waals surface area (Å²) in [4.78, 5) is 15.0. The third-order valence-corrected chi connectivity index (χ3v) is 9.27. The van der Waals surface area contributed by atoms with Gasteiger partial charge in [-0.1, -0.05) is 36.4 Å². The van der Waals surface area contributed by atoms with Crippen LogP contribution in [0.15, 0.2) is 83.9 Å². The molecule has 1 aliphatic rings. The third-order valence-electron chi connectivity index (χ3n) is 7.35. The lowest BCUT2D eigenvalue weighted by Gasteiger charge is -2.29. The summed E-state index contributed by atoms with van der Waals surface area (Å²) in [6.07, 6.45) is 7.01. The molecule has 3 N–H and O–H groups in total. The molecule has 1 atom stereocenters. The lowest BCUT2D eigenvalue weighted by Crippen LogP contribution is -2.35. The standard InChI is InChI=1S/C31H33N3O5S/c1-39-31(36)15-7-22-6-13-28-23(20-22)8-14-30(28)34(18-16-24-21-33-29-5-3-2-4-27(24)29)40(37,38)26-11-9-25(10-12-26)32-17-19-35/h2-7,9-13,15,20-21,30,32-33,35H,8,14,16-19H2,1H3/b15-7+. The number of sulfonamides is 1. The molecule has 0 radical (unpaired) electrons. The van der Waals surface area contributed by atoms with Gasteiger partial charge < -0.3 is 20.1 Å². The first-order valence-corrected chi connectivity index (χ1v) is 14.7. The molecule has 1 aliphatic carbocycles. The molecule has 3 aromatic carbocycles. The molecule has 208 valence electrons. The summed E-state index contributed by atoms with van der Waals surface area (Å²) < 4.78 is 34.6. The summed E-state index contributed by atoms with van der Waals surface area (Å²) in [5, 5.41) is 13.2. The number of H-pyrrole nitrogens is 1. The van der Waals surface area contributed by atoms with E-state index in [1.807, 2.05) is 48.7 Å². The van der Waals surface area contributed by atoms with Gasteiger partial charge in [-0.2, -0.15) is 4.31 Å². The second kappa shape index (κ2) is 12.1. The predicted molar refractivity (Wildman–Crippen MR) is 156 cm³/mol. The highest BCUT2D eigenvalue weighted by molar-refractivity contribution is 7.89. The van der Waals surface area contributed by atoms with E-state index in [1.165, 1.54) is 13.2 Å². The number of rotatable bonds is 11. The minimum absolute atomic E-state index is 0.0110. The molecular weight excluding hydrogens is 526 g/mol. The van der Waals surface area contributed by atoms with Crippen molar-refractivity contribution in [3.05, 3.63) is 101 Å². The van der Waals surface area contributed by atoms with E-state index in [9.17, 15) is 13.2 Å². The van der Waals surface area contributed by atoms with E-state index >= 15 is 0 Å². The number of aromatic amines is 1. The first-order chi connectivity index (χ1) is 19.4. The molecule has 4 aromatic rings. The number of methoxy groups -OCH3 is 1.